The number of nitrogens with one attached hydrogen (secondary N) is 2. The molecular formula is C26H26N2O2. The molecule has 0 saturated carbocycles. The van der Waals surface area contributed by atoms with Crippen LogP contribution in [-0.4, -0.2) is 23.5 Å². The third-order valence-corrected chi connectivity index (χ3v) is 5.15. The predicted octanol–water partition coefficient (Wildman–Crippen LogP) is 5.52. The highest BCUT2D eigenvalue weighted by molar-refractivity contribution is 5.94. The van der Waals surface area contributed by atoms with Gasteiger partial charge in [0.15, 0.2) is 0 Å². The van der Waals surface area contributed by atoms with E-state index in [0.717, 1.165) is 11.3 Å². The Labute approximate surface area is 176 Å². The van der Waals surface area contributed by atoms with Gasteiger partial charge >= 0.3 is 0 Å². The minimum atomic E-state index is -0.0909. The topological polar surface area (TPSA) is 54.1 Å². The zero-order valence-corrected chi connectivity index (χ0v) is 17.3. The van der Waals surface area contributed by atoms with Crippen molar-refractivity contribution in [1.29, 1.82) is 0 Å². The highest BCUT2D eigenvalue weighted by Gasteiger charge is 2.19. The second-order valence-electron chi connectivity index (χ2n) is 7.65. The molecule has 3 aromatic carbocycles. The Morgan fingerprint density at radius 3 is 2.37 bits per heavy atom. The van der Waals surface area contributed by atoms with Crippen LogP contribution < -0.4 is 10.1 Å². The first kappa shape index (κ1) is 19.8. The number of fused-ring (bicyclic) bond motifs is 1. The minimum Gasteiger partial charge on any atom is -0.491 e. The molecule has 1 amide bonds. The van der Waals surface area contributed by atoms with Crippen molar-refractivity contribution in [3.05, 3.63) is 102 Å². The highest BCUT2D eigenvalue weighted by Crippen LogP contribution is 2.30. The lowest BCUT2D eigenvalue weighted by atomic mass is 9.91. The van der Waals surface area contributed by atoms with Crippen molar-refractivity contribution in [3.63, 3.8) is 0 Å². The number of amides is 1. The Morgan fingerprint density at radius 1 is 0.933 bits per heavy atom. The van der Waals surface area contributed by atoms with Crippen LogP contribution in [0, 0.1) is 0 Å². The van der Waals surface area contributed by atoms with Gasteiger partial charge in [-0.2, -0.15) is 0 Å². The molecule has 0 radical (unpaired) electrons. The average Bonchev–Trinajstić information content (AvgIpc) is 3.19. The summed E-state index contributed by atoms with van der Waals surface area (Å²) in [6.45, 7) is 4.47. The van der Waals surface area contributed by atoms with Crippen molar-refractivity contribution < 1.29 is 9.53 Å². The molecular weight excluding hydrogens is 372 g/mol. The van der Waals surface area contributed by atoms with Crippen LogP contribution in [0.2, 0.25) is 0 Å². The summed E-state index contributed by atoms with van der Waals surface area (Å²) in [6, 6.07) is 25.8. The van der Waals surface area contributed by atoms with Gasteiger partial charge in [0.25, 0.3) is 5.91 Å². The molecule has 152 valence electrons. The zero-order chi connectivity index (χ0) is 20.9. The number of hydrogen-bond acceptors (Lipinski definition) is 2. The Hall–Kier alpha value is -3.53. The van der Waals surface area contributed by atoms with Gasteiger partial charge in [-0.1, -0.05) is 48.5 Å². The van der Waals surface area contributed by atoms with Gasteiger partial charge < -0.3 is 15.0 Å². The second-order valence-corrected chi connectivity index (χ2v) is 7.65. The van der Waals surface area contributed by atoms with E-state index in [1.807, 2.05) is 62.5 Å². The quantitative estimate of drug-likeness (QED) is 0.431. The molecule has 1 aromatic heterocycles. The van der Waals surface area contributed by atoms with Crippen molar-refractivity contribution in [1.82, 2.24) is 10.3 Å². The third kappa shape index (κ3) is 4.38. The largest absolute Gasteiger partial charge is 0.491 e. The molecule has 4 aromatic rings. The number of para-hydroxylation sites is 1. The number of rotatable bonds is 7. The maximum atomic E-state index is 12.8. The average molecular weight is 399 g/mol. The standard InChI is InChI=1S/C26H26N2O2/c1-18(2)30-21-14-12-20(13-15-21)26(29)28-16-23(19-8-4-3-5-9-19)24-17-27-25-11-7-6-10-22(24)25/h3-15,17-18,23,27H,16H2,1-2H3,(H,28,29)/t23-/m1/s1. The van der Waals surface area contributed by atoms with E-state index >= 15 is 0 Å². The van der Waals surface area contributed by atoms with E-state index in [9.17, 15) is 4.79 Å². The van der Waals surface area contributed by atoms with Gasteiger partial charge in [-0.25, -0.2) is 0 Å². The number of carbonyl (C=O) groups is 1. The third-order valence-electron chi connectivity index (χ3n) is 5.15. The van der Waals surface area contributed by atoms with Crippen molar-refractivity contribution in [2.75, 3.05) is 6.54 Å². The first-order valence-electron chi connectivity index (χ1n) is 10.3. The molecule has 4 rings (SSSR count). The summed E-state index contributed by atoms with van der Waals surface area (Å²) in [4.78, 5) is 16.1. The summed E-state index contributed by atoms with van der Waals surface area (Å²) in [5.41, 5.74) is 4.07. The van der Waals surface area contributed by atoms with Crippen LogP contribution in [0.25, 0.3) is 10.9 Å². The molecule has 0 unspecified atom stereocenters. The van der Waals surface area contributed by atoms with Crippen molar-refractivity contribution in [2.45, 2.75) is 25.9 Å². The summed E-state index contributed by atoms with van der Waals surface area (Å²) in [7, 11) is 0. The van der Waals surface area contributed by atoms with Crippen molar-refractivity contribution >= 4 is 16.8 Å². The van der Waals surface area contributed by atoms with Crippen molar-refractivity contribution in [3.8, 4) is 5.75 Å². The van der Waals surface area contributed by atoms with E-state index in [-0.39, 0.29) is 17.9 Å². The van der Waals surface area contributed by atoms with E-state index in [1.165, 1.54) is 16.5 Å². The molecule has 0 aliphatic heterocycles. The molecule has 1 atom stereocenters. The van der Waals surface area contributed by atoms with Gasteiger partial charge in [0, 0.05) is 35.1 Å². The lowest BCUT2D eigenvalue weighted by Crippen LogP contribution is -2.28. The lowest BCUT2D eigenvalue weighted by molar-refractivity contribution is 0.0952. The molecule has 0 fully saturated rings. The zero-order valence-electron chi connectivity index (χ0n) is 17.3. The van der Waals surface area contributed by atoms with Crippen LogP contribution in [0.3, 0.4) is 0 Å². The predicted molar refractivity (Wildman–Crippen MR) is 121 cm³/mol. The van der Waals surface area contributed by atoms with Crippen LogP contribution in [0.15, 0.2) is 85.1 Å². The van der Waals surface area contributed by atoms with E-state index in [2.05, 4.69) is 34.6 Å². The maximum Gasteiger partial charge on any atom is 0.251 e. The van der Waals surface area contributed by atoms with E-state index < -0.39 is 0 Å². The number of benzene rings is 3. The van der Waals surface area contributed by atoms with Gasteiger partial charge in [-0.3, -0.25) is 4.79 Å². The molecule has 4 nitrogen and oxygen atoms in total. The van der Waals surface area contributed by atoms with Crippen LogP contribution in [0.5, 0.6) is 5.75 Å². The van der Waals surface area contributed by atoms with Gasteiger partial charge in [0.05, 0.1) is 6.10 Å². The molecule has 0 spiro atoms. The summed E-state index contributed by atoms with van der Waals surface area (Å²) < 4.78 is 5.66. The lowest BCUT2D eigenvalue weighted by Gasteiger charge is -2.18. The van der Waals surface area contributed by atoms with Crippen LogP contribution >= 0.6 is 0 Å². The number of carbonyl (C=O) groups excluding carboxylic acids is 1. The first-order chi connectivity index (χ1) is 14.6. The summed E-state index contributed by atoms with van der Waals surface area (Å²) >= 11 is 0. The van der Waals surface area contributed by atoms with Gasteiger partial charge in [-0.05, 0) is 55.3 Å². The fraction of sp³-hybridized carbons (Fsp3) is 0.192. The Balaban J connectivity index is 1.55. The molecule has 4 heteroatoms. The molecule has 0 aliphatic carbocycles. The van der Waals surface area contributed by atoms with Crippen LogP contribution in [-0.2, 0) is 0 Å². The van der Waals surface area contributed by atoms with Gasteiger partial charge in [0.2, 0.25) is 0 Å². The molecule has 2 N–H and O–H groups in total. The number of ether oxygens (including phenoxy) is 1. The normalized spacial score (nSPS) is 12.1. The molecule has 0 aliphatic rings. The molecule has 0 bridgehead atoms. The number of aromatic amines is 1. The maximum absolute atomic E-state index is 12.8. The fourth-order valence-corrected chi connectivity index (χ4v) is 3.73. The van der Waals surface area contributed by atoms with Crippen molar-refractivity contribution in [2.24, 2.45) is 0 Å². The SMILES string of the molecule is CC(C)Oc1ccc(C(=O)NC[C@H](c2ccccc2)c2c[nH]c3ccccc23)cc1. The Morgan fingerprint density at radius 2 is 1.63 bits per heavy atom. The molecule has 1 heterocycles. The monoisotopic (exact) mass is 398 g/mol. The second kappa shape index (κ2) is 8.87. The van der Waals surface area contributed by atoms with E-state index in [1.54, 1.807) is 12.1 Å². The highest BCUT2D eigenvalue weighted by atomic mass is 16.5. The van der Waals surface area contributed by atoms with Crippen LogP contribution in [0.4, 0.5) is 0 Å². The molecule has 0 saturated heterocycles. The number of hydrogen-bond donors (Lipinski definition) is 2. The molecule has 30 heavy (non-hydrogen) atoms. The Bertz CT molecular complexity index is 1110. The smallest absolute Gasteiger partial charge is 0.251 e. The summed E-state index contributed by atoms with van der Waals surface area (Å²) in [5, 5.41) is 4.29. The van der Waals surface area contributed by atoms with E-state index in [4.69, 9.17) is 4.74 Å². The minimum absolute atomic E-state index is 0.0508. The van der Waals surface area contributed by atoms with Crippen LogP contribution in [0.1, 0.15) is 41.3 Å². The fourth-order valence-electron chi connectivity index (χ4n) is 3.73. The van der Waals surface area contributed by atoms with Gasteiger partial charge in [-0.15, -0.1) is 0 Å². The first-order valence-corrected chi connectivity index (χ1v) is 10.3. The van der Waals surface area contributed by atoms with Gasteiger partial charge in [0.1, 0.15) is 5.75 Å². The summed E-state index contributed by atoms with van der Waals surface area (Å²) in [5.74, 6) is 0.726. The summed E-state index contributed by atoms with van der Waals surface area (Å²) in [6.07, 6.45) is 2.15. The number of aromatic nitrogens is 1. The Kier molecular flexibility index (Phi) is 5.84. The van der Waals surface area contributed by atoms with E-state index in [0.29, 0.717) is 12.1 Å². The number of H-pyrrole nitrogens is 1.